The Morgan fingerprint density at radius 3 is 1.28 bits per heavy atom. The van der Waals surface area contributed by atoms with Crippen molar-refractivity contribution in [2.75, 3.05) is 39.4 Å². The Morgan fingerprint density at radius 2 is 0.944 bits per heavy atom. The smallest absolute Gasteiger partial charge is 0.242 e. The Labute approximate surface area is 218 Å². The summed E-state index contributed by atoms with van der Waals surface area (Å²) in [5.74, 6) is 0.363. The number of hydrogen-bond donors (Lipinski definition) is 2. The number of carbonyl (C=O) groups is 2. The molecule has 4 aliphatic rings. The van der Waals surface area contributed by atoms with Crippen molar-refractivity contribution in [2.24, 2.45) is 0 Å². The zero-order valence-electron chi connectivity index (χ0n) is 23.1. The van der Waals surface area contributed by atoms with E-state index in [1.807, 2.05) is 27.7 Å². The van der Waals surface area contributed by atoms with Gasteiger partial charge >= 0.3 is 0 Å². The van der Waals surface area contributed by atoms with Gasteiger partial charge in [-0.1, -0.05) is 25.7 Å². The number of nitrogens with zero attached hydrogens (tertiary/aromatic N) is 4. The number of carbonyl (C=O) groups excluding carboxylic acids is 2. The molecule has 4 unspecified atom stereocenters. The summed E-state index contributed by atoms with van der Waals surface area (Å²) in [7, 11) is 0. The maximum Gasteiger partial charge on any atom is 0.242 e. The van der Waals surface area contributed by atoms with Crippen molar-refractivity contribution in [2.45, 2.75) is 127 Å². The topological polar surface area (TPSA) is 87.6 Å². The van der Waals surface area contributed by atoms with E-state index < -0.39 is 11.1 Å². The van der Waals surface area contributed by atoms with Crippen molar-refractivity contribution in [3.05, 3.63) is 0 Å². The molecule has 0 bridgehead atoms. The van der Waals surface area contributed by atoms with Gasteiger partial charge in [0.15, 0.2) is 0 Å². The monoisotopic (exact) mass is 506 g/mol. The van der Waals surface area contributed by atoms with Crippen LogP contribution in [0.3, 0.4) is 0 Å². The molecule has 2 saturated carbocycles. The summed E-state index contributed by atoms with van der Waals surface area (Å²) in [5.41, 5.74) is -1.20. The van der Waals surface area contributed by atoms with Crippen LogP contribution in [0, 0.1) is 0 Å². The fraction of sp³-hybridized carbons (Fsp3) is 0.929. The minimum atomic E-state index is -0.598. The second-order valence-electron chi connectivity index (χ2n) is 12.5. The number of β-amino-alcohol motifs (C(OH)–C–C–N with tert-alkyl or cyclic N) is 2. The first-order valence-corrected chi connectivity index (χ1v) is 14.5. The first-order valence-electron chi connectivity index (χ1n) is 14.5. The van der Waals surface area contributed by atoms with E-state index in [2.05, 4.69) is 19.6 Å². The summed E-state index contributed by atoms with van der Waals surface area (Å²) in [6, 6.07) is 1.11. The van der Waals surface area contributed by atoms with Crippen LogP contribution >= 0.6 is 0 Å². The Bertz CT molecular complexity index is 724. The van der Waals surface area contributed by atoms with Crippen LogP contribution in [0.1, 0.15) is 91.9 Å². The fourth-order valence-electron chi connectivity index (χ4n) is 7.92. The van der Waals surface area contributed by atoms with Gasteiger partial charge in [-0.15, -0.1) is 0 Å². The van der Waals surface area contributed by atoms with Crippen LogP contribution in [0.2, 0.25) is 0 Å². The fourth-order valence-corrected chi connectivity index (χ4v) is 7.92. The molecule has 4 fully saturated rings. The lowest BCUT2D eigenvalue weighted by atomic mass is 9.80. The third-order valence-corrected chi connectivity index (χ3v) is 9.72. The van der Waals surface area contributed by atoms with Crippen LogP contribution in [0.15, 0.2) is 0 Å². The predicted octanol–water partition coefficient (Wildman–Crippen LogP) is 2.22. The molecule has 0 spiro atoms. The van der Waals surface area contributed by atoms with Crippen molar-refractivity contribution < 1.29 is 19.8 Å². The number of piperazine rings is 2. The molecule has 206 valence electrons. The highest BCUT2D eigenvalue weighted by Crippen LogP contribution is 2.39. The Morgan fingerprint density at radius 1 is 0.611 bits per heavy atom. The summed E-state index contributed by atoms with van der Waals surface area (Å²) in [4.78, 5) is 36.0. The van der Waals surface area contributed by atoms with Crippen molar-refractivity contribution in [1.29, 1.82) is 0 Å². The quantitative estimate of drug-likeness (QED) is 0.467. The highest BCUT2D eigenvalue weighted by molar-refractivity contribution is 5.87. The Kier molecular flexibility index (Phi) is 8.70. The molecule has 2 amide bonds. The van der Waals surface area contributed by atoms with Gasteiger partial charge in [-0.2, -0.15) is 0 Å². The average Bonchev–Trinajstić information content (AvgIpc) is 2.86. The number of fused-ring (bicyclic) bond motifs is 2. The summed E-state index contributed by atoms with van der Waals surface area (Å²) >= 11 is 0. The van der Waals surface area contributed by atoms with Gasteiger partial charge in [0, 0.05) is 50.3 Å². The normalized spacial score (nSPS) is 32.9. The third kappa shape index (κ3) is 4.95. The molecule has 2 aliphatic heterocycles. The molecule has 0 aromatic carbocycles. The summed E-state index contributed by atoms with van der Waals surface area (Å²) < 4.78 is 0. The van der Waals surface area contributed by atoms with Gasteiger partial charge in [0.2, 0.25) is 11.8 Å². The van der Waals surface area contributed by atoms with Crippen molar-refractivity contribution >= 4 is 11.8 Å². The summed E-state index contributed by atoms with van der Waals surface area (Å²) in [6.45, 7) is 10.8. The van der Waals surface area contributed by atoms with Crippen LogP contribution in [0.4, 0.5) is 0 Å². The molecule has 4 atom stereocenters. The van der Waals surface area contributed by atoms with E-state index in [1.165, 1.54) is 12.8 Å². The molecule has 0 aromatic rings. The molecule has 0 aromatic heterocycles. The molecule has 8 heteroatoms. The van der Waals surface area contributed by atoms with E-state index in [0.717, 1.165) is 64.5 Å². The predicted molar refractivity (Wildman–Crippen MR) is 140 cm³/mol. The third-order valence-electron chi connectivity index (χ3n) is 9.72. The van der Waals surface area contributed by atoms with Crippen molar-refractivity contribution in [3.8, 4) is 0 Å². The Hall–Kier alpha value is -1.22. The van der Waals surface area contributed by atoms with E-state index in [1.54, 1.807) is 0 Å². The largest absolute Gasteiger partial charge is 0.395 e. The number of aliphatic hydroxyl groups is 2. The number of rotatable bonds is 9. The second-order valence-corrected chi connectivity index (χ2v) is 12.5. The molecular formula is C28H50N4O4. The SMILES string of the molecule is CC1(C)C(=O)N(CCCCN2C(=O)C(C)(C)N(CCO)C3CCCCC32)C2CCCCC2N1CCO. The minimum absolute atomic E-state index is 0.0814. The first kappa shape index (κ1) is 27.8. The molecule has 2 heterocycles. The van der Waals surface area contributed by atoms with Gasteiger partial charge in [0.05, 0.1) is 24.3 Å². The molecule has 0 radical (unpaired) electrons. The van der Waals surface area contributed by atoms with Gasteiger partial charge in [-0.25, -0.2) is 0 Å². The van der Waals surface area contributed by atoms with Crippen molar-refractivity contribution in [1.82, 2.24) is 19.6 Å². The van der Waals surface area contributed by atoms with E-state index >= 15 is 0 Å². The number of aliphatic hydroxyl groups excluding tert-OH is 2. The highest BCUT2D eigenvalue weighted by Gasteiger charge is 2.52. The maximum absolute atomic E-state index is 13.6. The maximum atomic E-state index is 13.6. The lowest BCUT2D eigenvalue weighted by Crippen LogP contribution is -2.72. The zero-order valence-corrected chi connectivity index (χ0v) is 23.1. The van der Waals surface area contributed by atoms with Gasteiger partial charge in [0.25, 0.3) is 0 Å². The summed E-state index contributed by atoms with van der Waals surface area (Å²) in [5, 5.41) is 19.3. The number of amides is 2. The molecule has 2 aliphatic carbocycles. The zero-order chi connectivity index (χ0) is 26.1. The first-order chi connectivity index (χ1) is 17.2. The lowest BCUT2D eigenvalue weighted by Gasteiger charge is -2.57. The van der Waals surface area contributed by atoms with Crippen LogP contribution in [-0.2, 0) is 9.59 Å². The average molecular weight is 507 g/mol. The van der Waals surface area contributed by atoms with E-state index in [9.17, 15) is 19.8 Å². The van der Waals surface area contributed by atoms with Crippen molar-refractivity contribution in [3.63, 3.8) is 0 Å². The molecule has 8 nitrogen and oxygen atoms in total. The van der Waals surface area contributed by atoms with Crippen LogP contribution in [0.25, 0.3) is 0 Å². The highest BCUT2D eigenvalue weighted by atomic mass is 16.3. The van der Waals surface area contributed by atoms with E-state index in [4.69, 9.17) is 0 Å². The van der Waals surface area contributed by atoms with Crippen LogP contribution in [0.5, 0.6) is 0 Å². The molecule has 2 saturated heterocycles. The Balaban J connectivity index is 1.41. The molecule has 36 heavy (non-hydrogen) atoms. The second kappa shape index (κ2) is 11.3. The van der Waals surface area contributed by atoms with Gasteiger partial charge in [-0.3, -0.25) is 19.4 Å². The molecule has 2 N–H and O–H groups in total. The van der Waals surface area contributed by atoms with Gasteiger partial charge < -0.3 is 20.0 Å². The lowest BCUT2D eigenvalue weighted by molar-refractivity contribution is -0.165. The van der Waals surface area contributed by atoms with E-state index in [0.29, 0.717) is 25.2 Å². The molecular weight excluding hydrogens is 456 g/mol. The van der Waals surface area contributed by atoms with E-state index in [-0.39, 0.29) is 37.1 Å². The van der Waals surface area contributed by atoms with Gasteiger partial charge in [0.1, 0.15) is 0 Å². The minimum Gasteiger partial charge on any atom is -0.395 e. The standard InChI is InChI=1S/C28H50N4O4/c1-27(2)25(35)29(21-11-5-7-13-23(21)31(27)17-19-33)15-9-10-16-30-22-12-6-8-14-24(22)32(18-20-34)28(3,4)26(30)36/h21-24,33-34H,5-20H2,1-4H3. The molecule has 4 rings (SSSR count). The number of unbranched alkanes of at least 4 members (excludes halogenated alkanes) is 1. The van der Waals surface area contributed by atoms with Crippen LogP contribution < -0.4 is 0 Å². The summed E-state index contributed by atoms with van der Waals surface area (Å²) in [6.07, 6.45) is 10.7. The number of hydrogen-bond acceptors (Lipinski definition) is 6. The van der Waals surface area contributed by atoms with Crippen LogP contribution in [-0.4, -0.2) is 116 Å². The van der Waals surface area contributed by atoms with Gasteiger partial charge in [-0.05, 0) is 66.2 Å².